The van der Waals surface area contributed by atoms with Crippen LogP contribution in [0.1, 0.15) is 26.5 Å². The minimum Gasteiger partial charge on any atom is -0.477 e. The van der Waals surface area contributed by atoms with E-state index in [0.29, 0.717) is 12.1 Å². The third kappa shape index (κ3) is 4.46. The summed E-state index contributed by atoms with van der Waals surface area (Å²) in [4.78, 5) is 43.3. The minimum absolute atomic E-state index is 0.0807. The molecule has 0 aliphatic heterocycles. The number of aryl methyl sites for hydroxylation is 1. The van der Waals surface area contributed by atoms with E-state index in [1.54, 1.807) is 13.1 Å². The Morgan fingerprint density at radius 3 is 2.71 bits per heavy atom. The number of nitrogen functional groups attached to an aromatic ring is 1. The Morgan fingerprint density at radius 2 is 2.06 bits per heavy atom. The Bertz CT molecular complexity index is 1340. The molecular weight excluding hydrogens is 434 g/mol. The number of rotatable bonds is 4. The maximum Gasteiger partial charge on any atom is 0.419 e. The molecule has 4 N–H and O–H groups in total. The number of methoxy groups -OCH3 is 1. The quantitative estimate of drug-likeness (QED) is 0.292. The van der Waals surface area contributed by atoms with Gasteiger partial charge in [0.1, 0.15) is 0 Å². The van der Waals surface area contributed by atoms with Crippen molar-refractivity contribution in [2.45, 2.75) is 6.54 Å². The van der Waals surface area contributed by atoms with Crippen LogP contribution >= 0.6 is 11.8 Å². The van der Waals surface area contributed by atoms with Crippen LogP contribution in [0.2, 0.25) is 0 Å². The van der Waals surface area contributed by atoms with Crippen LogP contribution in [0.4, 0.5) is 5.95 Å². The van der Waals surface area contributed by atoms with Gasteiger partial charge in [0.15, 0.2) is 17.0 Å². The van der Waals surface area contributed by atoms with E-state index in [1.165, 1.54) is 4.57 Å². The van der Waals surface area contributed by atoms with E-state index in [1.807, 2.05) is 12.1 Å². The molecule has 0 spiro atoms. The van der Waals surface area contributed by atoms with Crippen molar-refractivity contribution in [3.63, 3.8) is 0 Å². The third-order valence-electron chi connectivity index (χ3n) is 4.07. The lowest BCUT2D eigenvalue weighted by Gasteiger charge is -2.02. The fourth-order valence-electron chi connectivity index (χ4n) is 2.60. The van der Waals surface area contributed by atoms with Gasteiger partial charge in [-0.15, -0.1) is 5.10 Å². The van der Waals surface area contributed by atoms with Gasteiger partial charge in [-0.2, -0.15) is 9.50 Å². The van der Waals surface area contributed by atoms with Crippen molar-refractivity contribution in [1.82, 2.24) is 29.0 Å². The SMILES string of the molecule is COC(=O)c1cc(C(=O)O)nc2nc(N)nn12.Cn1c(=O)oc2ccc(CNCl)cc21. The predicted octanol–water partition coefficient (Wildman–Crippen LogP) is 0.566. The van der Waals surface area contributed by atoms with Crippen molar-refractivity contribution in [3.8, 4) is 0 Å². The molecule has 14 heteroatoms. The maximum atomic E-state index is 11.4. The molecule has 0 amide bonds. The first kappa shape index (κ1) is 21.7. The lowest BCUT2D eigenvalue weighted by atomic mass is 10.2. The standard InChI is InChI=1S/C9H9ClN2O2.C8H7N5O4/c1-12-7-4-6(5-11-10)2-3-8(7)14-9(12)13;1-17-6(16)4-2-3(5(14)15)10-8-11-7(9)12-13(4)8/h2-4,11H,5H2,1H3;2H,1H3,(H2,9,12)(H,14,15). The number of nitrogens with one attached hydrogen (secondary N) is 1. The van der Waals surface area contributed by atoms with E-state index in [4.69, 9.17) is 27.0 Å². The number of oxazole rings is 1. The molecule has 0 aliphatic rings. The van der Waals surface area contributed by atoms with E-state index in [2.05, 4.69) is 24.6 Å². The van der Waals surface area contributed by atoms with Crippen molar-refractivity contribution >= 4 is 46.5 Å². The van der Waals surface area contributed by atoms with Gasteiger partial charge < -0.3 is 20.0 Å². The number of fused-ring (bicyclic) bond motifs is 2. The molecule has 0 bridgehead atoms. The molecule has 4 rings (SSSR count). The van der Waals surface area contributed by atoms with Gasteiger partial charge in [-0.05, 0) is 29.5 Å². The average Bonchev–Trinajstić information content (AvgIpc) is 3.26. The summed E-state index contributed by atoms with van der Waals surface area (Å²) >= 11 is 5.39. The maximum absolute atomic E-state index is 11.4. The van der Waals surface area contributed by atoms with Crippen LogP contribution in [0.15, 0.2) is 33.5 Å². The smallest absolute Gasteiger partial charge is 0.419 e. The minimum atomic E-state index is -1.29. The molecule has 0 radical (unpaired) electrons. The molecule has 0 saturated carbocycles. The summed E-state index contributed by atoms with van der Waals surface area (Å²) in [6.45, 7) is 0.552. The summed E-state index contributed by atoms with van der Waals surface area (Å²) in [6.07, 6.45) is 0. The summed E-state index contributed by atoms with van der Waals surface area (Å²) in [7, 11) is 2.83. The molecule has 4 aromatic rings. The Labute approximate surface area is 178 Å². The average molecular weight is 450 g/mol. The number of hydrogen-bond acceptors (Lipinski definition) is 10. The second kappa shape index (κ2) is 8.81. The number of carbonyl (C=O) groups excluding carboxylic acids is 1. The molecule has 13 nitrogen and oxygen atoms in total. The number of carboxylic acid groups (broad SMARTS) is 1. The van der Waals surface area contributed by atoms with Crippen LogP contribution in [-0.4, -0.2) is 48.3 Å². The summed E-state index contributed by atoms with van der Waals surface area (Å²) in [5.41, 5.74) is 7.26. The van der Waals surface area contributed by atoms with E-state index in [-0.39, 0.29) is 28.9 Å². The molecule has 0 unspecified atom stereocenters. The number of ether oxygens (including phenoxy) is 1. The highest BCUT2D eigenvalue weighted by Crippen LogP contribution is 2.14. The van der Waals surface area contributed by atoms with Crippen LogP contribution in [0.3, 0.4) is 0 Å². The number of carboxylic acids is 1. The fourth-order valence-corrected chi connectivity index (χ4v) is 2.76. The van der Waals surface area contributed by atoms with Crippen molar-refractivity contribution in [3.05, 3.63) is 51.8 Å². The van der Waals surface area contributed by atoms with Crippen molar-refractivity contribution in [2.75, 3.05) is 12.8 Å². The summed E-state index contributed by atoms with van der Waals surface area (Å²) in [5, 5.41) is 12.5. The molecule has 0 saturated heterocycles. The van der Waals surface area contributed by atoms with Gasteiger partial charge in [-0.1, -0.05) is 6.07 Å². The monoisotopic (exact) mass is 449 g/mol. The number of esters is 1. The first-order chi connectivity index (χ1) is 14.7. The second-order valence-corrected chi connectivity index (χ2v) is 6.31. The molecule has 0 atom stereocenters. The zero-order valence-corrected chi connectivity index (χ0v) is 17.0. The molecule has 31 heavy (non-hydrogen) atoms. The highest BCUT2D eigenvalue weighted by atomic mass is 35.5. The van der Waals surface area contributed by atoms with Crippen LogP contribution < -0.4 is 16.3 Å². The van der Waals surface area contributed by atoms with Crippen LogP contribution in [0, 0.1) is 0 Å². The fraction of sp³-hybridized carbons (Fsp3) is 0.176. The number of nitrogens with zero attached hydrogens (tertiary/aromatic N) is 5. The Balaban J connectivity index is 0.000000179. The van der Waals surface area contributed by atoms with E-state index < -0.39 is 11.9 Å². The predicted molar refractivity (Wildman–Crippen MR) is 108 cm³/mol. The molecule has 0 aliphatic carbocycles. The van der Waals surface area contributed by atoms with Crippen molar-refractivity contribution in [2.24, 2.45) is 7.05 Å². The molecule has 3 aromatic heterocycles. The van der Waals surface area contributed by atoms with Gasteiger partial charge in [0.2, 0.25) is 5.95 Å². The Hall–Kier alpha value is -3.97. The largest absolute Gasteiger partial charge is 0.477 e. The molecule has 162 valence electrons. The number of nitrogens with two attached hydrogens (primary N) is 1. The topological polar surface area (TPSA) is 180 Å². The number of benzene rings is 1. The van der Waals surface area contributed by atoms with Gasteiger partial charge in [-0.25, -0.2) is 24.2 Å². The normalized spacial score (nSPS) is 10.7. The molecular formula is C17H16ClN7O6. The number of halogens is 1. The van der Waals surface area contributed by atoms with Gasteiger partial charge >= 0.3 is 17.7 Å². The zero-order chi connectivity index (χ0) is 22.7. The second-order valence-electron chi connectivity index (χ2n) is 6.04. The number of aromatic nitrogens is 5. The molecule has 3 heterocycles. The molecule has 1 aromatic carbocycles. The summed E-state index contributed by atoms with van der Waals surface area (Å²) in [5.74, 6) is -2.60. The van der Waals surface area contributed by atoms with Gasteiger partial charge in [0.05, 0.1) is 12.6 Å². The Morgan fingerprint density at radius 1 is 1.32 bits per heavy atom. The number of anilines is 1. The zero-order valence-electron chi connectivity index (χ0n) is 16.2. The van der Waals surface area contributed by atoms with Gasteiger partial charge in [0, 0.05) is 19.7 Å². The van der Waals surface area contributed by atoms with Crippen LogP contribution in [-0.2, 0) is 18.3 Å². The van der Waals surface area contributed by atoms with Crippen LogP contribution in [0.5, 0.6) is 0 Å². The first-order valence-corrected chi connectivity index (χ1v) is 8.89. The first-order valence-electron chi connectivity index (χ1n) is 8.52. The summed E-state index contributed by atoms with van der Waals surface area (Å²) in [6, 6.07) is 6.53. The van der Waals surface area contributed by atoms with E-state index in [9.17, 15) is 14.4 Å². The number of aromatic carboxylic acids is 1. The van der Waals surface area contributed by atoms with Crippen molar-refractivity contribution in [1.29, 1.82) is 0 Å². The summed E-state index contributed by atoms with van der Waals surface area (Å²) < 4.78 is 12.0. The van der Waals surface area contributed by atoms with E-state index >= 15 is 0 Å². The highest BCUT2D eigenvalue weighted by Gasteiger charge is 2.19. The van der Waals surface area contributed by atoms with Gasteiger partial charge in [0.25, 0.3) is 5.78 Å². The van der Waals surface area contributed by atoms with Crippen LogP contribution in [0.25, 0.3) is 16.9 Å². The Kier molecular flexibility index (Phi) is 6.17. The molecule has 0 fully saturated rings. The highest BCUT2D eigenvalue weighted by molar-refractivity contribution is 6.13. The van der Waals surface area contributed by atoms with Crippen molar-refractivity contribution < 1.29 is 23.8 Å². The third-order valence-corrected chi connectivity index (χ3v) is 4.20. The number of carbonyl (C=O) groups is 2. The lowest BCUT2D eigenvalue weighted by molar-refractivity contribution is 0.0590. The van der Waals surface area contributed by atoms with E-state index in [0.717, 1.165) is 28.8 Å². The lowest BCUT2D eigenvalue weighted by Crippen LogP contribution is -2.13. The van der Waals surface area contributed by atoms with Gasteiger partial charge in [-0.3, -0.25) is 4.57 Å². The number of hydrogen-bond donors (Lipinski definition) is 3.